The largest absolute Gasteiger partial charge is 0.341 e. The summed E-state index contributed by atoms with van der Waals surface area (Å²) in [5, 5.41) is 45.0. The highest BCUT2D eigenvalue weighted by Crippen LogP contribution is 2.00. The smallest absolute Gasteiger partial charge is 0.137 e. The molecule has 12 rings (SSSR count). The van der Waals surface area contributed by atoms with E-state index in [-0.39, 0.29) is 0 Å². The molecular weight excluding hydrogens is 1020 g/mol. The Bertz CT molecular complexity index is 2240. The molecule has 0 atom stereocenters. The number of nitrogens with zero attached hydrogens (tertiary/aromatic N) is 25. The third kappa shape index (κ3) is 41.4. The topological polar surface area (TPSA) is 274 Å². The van der Waals surface area contributed by atoms with Crippen LogP contribution in [0.1, 0.15) is 32.5 Å². The minimum Gasteiger partial charge on any atom is -0.341 e. The molecule has 0 amide bonds. The van der Waals surface area contributed by atoms with Gasteiger partial charge in [0.1, 0.15) is 19.0 Å². The van der Waals surface area contributed by atoms with Crippen LogP contribution in [0.3, 0.4) is 0 Å². The van der Waals surface area contributed by atoms with Gasteiger partial charge in [0, 0.05) is 130 Å². The maximum absolute atomic E-state index is 3.98. The van der Waals surface area contributed by atoms with Crippen molar-refractivity contribution < 1.29 is 0 Å². The first-order valence-corrected chi connectivity index (χ1v) is 25.1. The minimum absolute atomic E-state index is 1.07. The molecule has 0 aliphatic heterocycles. The third-order valence-corrected chi connectivity index (χ3v) is 9.84. The van der Waals surface area contributed by atoms with E-state index in [9.17, 15) is 0 Å². The fourth-order valence-corrected chi connectivity index (χ4v) is 5.52. The van der Waals surface area contributed by atoms with Crippen LogP contribution in [0.25, 0.3) is 0 Å². The first-order chi connectivity index (χ1) is 35.7. The number of aryl methyl sites for hydroxylation is 12. The molecule has 0 aliphatic rings. The zero-order chi connectivity index (χ0) is 54.3. The van der Waals surface area contributed by atoms with E-state index in [0.29, 0.717) is 0 Å². The second kappa shape index (κ2) is 43.4. The van der Waals surface area contributed by atoms with Crippen LogP contribution in [-0.2, 0) is 42.3 Å². The maximum atomic E-state index is 3.98. The fourth-order valence-electron chi connectivity index (χ4n) is 3.58. The van der Waals surface area contributed by atoms with Gasteiger partial charge >= 0.3 is 0 Å². The predicted molar refractivity (Wildman–Crippen MR) is 289 cm³/mol. The van der Waals surface area contributed by atoms with Crippen molar-refractivity contribution in [3.63, 3.8) is 0 Å². The molecule has 0 unspecified atom stereocenters. The Morgan fingerprint density at radius 2 is 1.26 bits per heavy atom. The van der Waals surface area contributed by atoms with Gasteiger partial charge in [-0.3, -0.25) is 39.0 Å². The average molecular weight is 1080 g/mol. The third-order valence-electron chi connectivity index (χ3n) is 7.07. The molecule has 25 nitrogen and oxygen atoms in total. The SMILES string of the molecule is Cc1ccccn1.Cc1ccncc1.Cc1ccsn1.Cc1cncs1.Cc1cscn1.Cc1nccs1.Cn1cccn1.Cn1ccnc1.Cn1ccnn1.Cn1cncn1.Cn1cnnn1.Cn1nnnn1. The molecule has 12 aromatic heterocycles. The standard InChI is InChI=1S/2C6H7N.2C4H6N2.4C4H5NS.2C3H5N3.C2H4N4.CH3N5/c1-6-2-4-7-5-3-6;1-6-4-2-3-5-7-6;1-6-3-2-5-4-6;1-6-4-2-3-5-6;1-4-2-6-3-5-4;1-4-2-5-3-6-4;1-4-5-2-3-6-4;1-4-2-3-6-5-4;1-6-3-4-2-5-6;1-6-3-2-4-5-6;1-6-2-3-4-5-6;1-6-4-2-3-5-6/h2*2-5H,1H3;2*2-4H,1H3;6*2-3H,1H3;2H,1H3;1H3. The molecule has 0 radical (unpaired) electrons. The Kier molecular flexibility index (Phi) is 37.3. The van der Waals surface area contributed by atoms with Crippen molar-refractivity contribution in [3.8, 4) is 0 Å². The molecule has 12 heterocycles. The van der Waals surface area contributed by atoms with Crippen molar-refractivity contribution in [1.29, 1.82) is 0 Å². The van der Waals surface area contributed by atoms with Crippen LogP contribution < -0.4 is 0 Å². The van der Waals surface area contributed by atoms with Gasteiger partial charge in [-0.2, -0.15) is 14.6 Å². The summed E-state index contributed by atoms with van der Waals surface area (Å²) < 4.78 is 12.4. The van der Waals surface area contributed by atoms with Crippen LogP contribution in [0.4, 0.5) is 0 Å². The molecule has 0 bridgehead atoms. The molecule has 12 aromatic rings. The molecule has 0 spiro atoms. The van der Waals surface area contributed by atoms with Crippen LogP contribution >= 0.6 is 45.5 Å². The van der Waals surface area contributed by atoms with Crippen LogP contribution in [0.15, 0.2) is 163 Å². The number of pyridine rings is 2. The zero-order valence-electron chi connectivity index (χ0n) is 43.4. The van der Waals surface area contributed by atoms with Crippen molar-refractivity contribution in [2.45, 2.75) is 41.5 Å². The Morgan fingerprint density at radius 1 is 0.473 bits per heavy atom. The second-order valence-electron chi connectivity index (χ2n) is 13.8. The summed E-state index contributed by atoms with van der Waals surface area (Å²) in [7, 11) is 10.9. The number of aromatic nitrogens is 25. The van der Waals surface area contributed by atoms with E-state index in [1.54, 1.807) is 124 Å². The van der Waals surface area contributed by atoms with Crippen molar-refractivity contribution in [3.05, 3.63) is 196 Å². The number of rotatable bonds is 0. The Labute approximate surface area is 447 Å². The summed E-state index contributed by atoms with van der Waals surface area (Å²) in [4.78, 5) is 29.5. The van der Waals surface area contributed by atoms with Gasteiger partial charge in [0.15, 0.2) is 0 Å². The Balaban J connectivity index is 0.000000404. The van der Waals surface area contributed by atoms with Crippen LogP contribution in [0.2, 0.25) is 0 Å². The molecule has 0 fully saturated rings. The molecule has 0 aliphatic carbocycles. The molecule has 29 heteroatoms. The van der Waals surface area contributed by atoms with Gasteiger partial charge < -0.3 is 4.57 Å². The maximum Gasteiger partial charge on any atom is 0.137 e. The Hall–Kier alpha value is -8.41. The van der Waals surface area contributed by atoms with Crippen LogP contribution in [-0.4, -0.2) is 124 Å². The highest BCUT2D eigenvalue weighted by Gasteiger charge is 1.80. The van der Waals surface area contributed by atoms with Crippen molar-refractivity contribution in [1.82, 2.24) is 124 Å². The molecule has 392 valence electrons. The summed E-state index contributed by atoms with van der Waals surface area (Å²) in [6.07, 6.45) is 26.1. The van der Waals surface area contributed by atoms with Gasteiger partial charge in [0.2, 0.25) is 0 Å². The minimum atomic E-state index is 1.07. The Morgan fingerprint density at radius 3 is 1.45 bits per heavy atom. The molecule has 74 heavy (non-hydrogen) atoms. The first-order valence-electron chi connectivity index (χ1n) is 21.6. The van der Waals surface area contributed by atoms with Gasteiger partial charge in [-0.15, -0.1) is 49.0 Å². The average Bonchev–Trinajstić information content (AvgIpc) is 4.22. The van der Waals surface area contributed by atoms with E-state index >= 15 is 0 Å². The van der Waals surface area contributed by atoms with Crippen LogP contribution in [0, 0.1) is 41.5 Å². The molecule has 0 N–H and O–H groups in total. The van der Waals surface area contributed by atoms with E-state index in [1.165, 1.54) is 44.1 Å². The lowest BCUT2D eigenvalue weighted by atomic mass is 10.3. The fraction of sp³-hybridized carbons (Fsp3) is 0.267. The summed E-state index contributed by atoms with van der Waals surface area (Å²) >= 11 is 6.45. The van der Waals surface area contributed by atoms with Crippen LogP contribution in [0.5, 0.6) is 0 Å². The summed E-state index contributed by atoms with van der Waals surface area (Å²) in [5.74, 6) is 0. The number of hydrogen-bond acceptors (Lipinski definition) is 23. The quantitative estimate of drug-likeness (QED) is 0.150. The van der Waals surface area contributed by atoms with Crippen molar-refractivity contribution >= 4 is 45.5 Å². The zero-order valence-corrected chi connectivity index (χ0v) is 46.7. The number of hydrogen-bond donors (Lipinski definition) is 0. The van der Waals surface area contributed by atoms with Gasteiger partial charge in [0.25, 0.3) is 0 Å². The summed E-state index contributed by atoms with van der Waals surface area (Å²) in [6, 6.07) is 13.7. The van der Waals surface area contributed by atoms with E-state index in [4.69, 9.17) is 0 Å². The van der Waals surface area contributed by atoms with E-state index in [1.807, 2.05) is 163 Å². The van der Waals surface area contributed by atoms with Gasteiger partial charge in [0.05, 0.1) is 41.3 Å². The number of tetrazole rings is 1. The first kappa shape index (κ1) is 63.6. The molecule has 0 saturated heterocycles. The monoisotopic (exact) mass is 1080 g/mol. The number of imidazole rings is 1. The molecular formula is C45H63N25S4. The molecule has 0 aromatic carbocycles. The summed E-state index contributed by atoms with van der Waals surface area (Å²) in [6.45, 7) is 12.0. The predicted octanol–water partition coefficient (Wildman–Crippen LogP) is 6.87. The highest BCUT2D eigenvalue weighted by atomic mass is 32.1. The van der Waals surface area contributed by atoms with E-state index in [2.05, 4.69) is 96.1 Å². The lowest BCUT2D eigenvalue weighted by Gasteiger charge is -1.82. The van der Waals surface area contributed by atoms with E-state index in [0.717, 1.165) is 22.1 Å². The molecule has 0 saturated carbocycles. The lowest BCUT2D eigenvalue weighted by molar-refractivity contribution is 0.622. The highest BCUT2D eigenvalue weighted by molar-refractivity contribution is 7.09. The van der Waals surface area contributed by atoms with E-state index < -0.39 is 0 Å². The summed E-state index contributed by atoms with van der Waals surface area (Å²) in [5.41, 5.74) is 8.21. The van der Waals surface area contributed by atoms with Crippen molar-refractivity contribution in [2.75, 3.05) is 0 Å². The second-order valence-corrected chi connectivity index (χ2v) is 17.4. The normalized spacial score (nSPS) is 8.81. The van der Waals surface area contributed by atoms with Gasteiger partial charge in [-0.1, -0.05) is 11.3 Å². The lowest BCUT2D eigenvalue weighted by Crippen LogP contribution is -1.91. The van der Waals surface area contributed by atoms with Gasteiger partial charge in [-0.05, 0) is 126 Å². The van der Waals surface area contributed by atoms with Crippen molar-refractivity contribution in [2.24, 2.45) is 42.3 Å². The number of thiazole rings is 3. The van der Waals surface area contributed by atoms with Gasteiger partial charge in [-0.25, -0.2) is 14.6 Å².